The second kappa shape index (κ2) is 9.32. The van der Waals surface area contributed by atoms with Gasteiger partial charge in [0.25, 0.3) is 5.91 Å². The van der Waals surface area contributed by atoms with Gasteiger partial charge in [-0.1, -0.05) is 30.3 Å². The lowest BCUT2D eigenvalue weighted by Crippen LogP contribution is -2.27. The largest absolute Gasteiger partial charge is 0.465 e. The summed E-state index contributed by atoms with van der Waals surface area (Å²) in [5, 5.41) is 6.40. The number of hydrogen-bond donors (Lipinski definition) is 1. The standard InChI is InChI=1S/C20H17N3O7/c1-28-19(26)14-9-5-6-10-15(14)21-16(24)12-29-17(25)11-23-20(27)30-18(22-23)13-7-3-2-4-8-13/h2-10H,11-12H2,1H3,(H,21,24). The lowest BCUT2D eigenvalue weighted by Gasteiger charge is -2.09. The van der Waals surface area contributed by atoms with E-state index in [9.17, 15) is 19.2 Å². The zero-order valence-electron chi connectivity index (χ0n) is 15.9. The SMILES string of the molecule is COC(=O)c1ccccc1NC(=O)COC(=O)Cn1nc(-c2ccccc2)oc1=O. The summed E-state index contributed by atoms with van der Waals surface area (Å²) in [6.45, 7) is -1.15. The molecule has 3 aromatic rings. The highest BCUT2D eigenvalue weighted by atomic mass is 16.5. The Kier molecular flexibility index (Phi) is 6.38. The van der Waals surface area contributed by atoms with Gasteiger partial charge in [0.15, 0.2) is 6.61 Å². The first-order valence-corrected chi connectivity index (χ1v) is 8.74. The van der Waals surface area contributed by atoms with E-state index in [2.05, 4.69) is 15.2 Å². The van der Waals surface area contributed by atoms with Crippen molar-refractivity contribution in [2.24, 2.45) is 0 Å². The van der Waals surface area contributed by atoms with Gasteiger partial charge in [-0.05, 0) is 24.3 Å². The third-order valence-corrected chi connectivity index (χ3v) is 3.88. The van der Waals surface area contributed by atoms with Gasteiger partial charge in [0.2, 0.25) is 5.89 Å². The molecule has 3 rings (SSSR count). The van der Waals surface area contributed by atoms with Crippen LogP contribution in [0.5, 0.6) is 0 Å². The number of methoxy groups -OCH3 is 1. The predicted octanol–water partition coefficient (Wildman–Crippen LogP) is 1.47. The lowest BCUT2D eigenvalue weighted by atomic mass is 10.2. The highest BCUT2D eigenvalue weighted by Gasteiger charge is 2.17. The van der Waals surface area contributed by atoms with E-state index in [1.807, 2.05) is 0 Å². The molecule has 0 saturated heterocycles. The van der Waals surface area contributed by atoms with Gasteiger partial charge >= 0.3 is 17.7 Å². The maximum atomic E-state index is 12.0. The molecule has 0 saturated carbocycles. The second-order valence-electron chi connectivity index (χ2n) is 5.94. The molecule has 0 atom stereocenters. The molecule has 0 fully saturated rings. The van der Waals surface area contributed by atoms with Crippen molar-refractivity contribution in [2.75, 3.05) is 19.0 Å². The minimum atomic E-state index is -0.860. The molecule has 154 valence electrons. The molecular formula is C20H17N3O7. The van der Waals surface area contributed by atoms with Crippen molar-refractivity contribution >= 4 is 23.5 Å². The molecule has 1 N–H and O–H groups in total. The van der Waals surface area contributed by atoms with Crippen molar-refractivity contribution in [1.29, 1.82) is 0 Å². The van der Waals surface area contributed by atoms with Gasteiger partial charge in [-0.15, -0.1) is 5.10 Å². The first-order valence-electron chi connectivity index (χ1n) is 8.74. The van der Waals surface area contributed by atoms with E-state index in [1.165, 1.54) is 19.2 Å². The van der Waals surface area contributed by atoms with Crippen molar-refractivity contribution < 1.29 is 28.3 Å². The van der Waals surface area contributed by atoms with Crippen LogP contribution in [0.1, 0.15) is 10.4 Å². The molecular weight excluding hydrogens is 394 g/mol. The summed E-state index contributed by atoms with van der Waals surface area (Å²) in [6, 6.07) is 14.9. The molecule has 0 radical (unpaired) electrons. The van der Waals surface area contributed by atoms with Crippen LogP contribution in [-0.2, 0) is 25.6 Å². The first kappa shape index (κ1) is 20.5. The number of hydrogen-bond acceptors (Lipinski definition) is 8. The van der Waals surface area contributed by atoms with Crippen molar-refractivity contribution in [1.82, 2.24) is 9.78 Å². The molecule has 0 aliphatic heterocycles. The maximum Gasteiger partial charge on any atom is 0.437 e. The van der Waals surface area contributed by atoms with E-state index in [0.717, 1.165) is 4.68 Å². The van der Waals surface area contributed by atoms with Crippen molar-refractivity contribution in [3.8, 4) is 11.5 Å². The molecule has 10 nitrogen and oxygen atoms in total. The number of carbonyl (C=O) groups excluding carboxylic acids is 3. The summed E-state index contributed by atoms with van der Waals surface area (Å²) in [5.74, 6) is -2.92. The second-order valence-corrected chi connectivity index (χ2v) is 5.94. The molecule has 0 spiro atoms. The molecule has 1 heterocycles. The minimum Gasteiger partial charge on any atom is -0.465 e. The van der Waals surface area contributed by atoms with Crippen LogP contribution in [0, 0.1) is 0 Å². The fraction of sp³-hybridized carbons (Fsp3) is 0.150. The van der Waals surface area contributed by atoms with Crippen molar-refractivity contribution in [2.45, 2.75) is 6.54 Å². The predicted molar refractivity (Wildman–Crippen MR) is 104 cm³/mol. The number of ether oxygens (including phenoxy) is 2. The Labute approximate surface area is 170 Å². The van der Waals surface area contributed by atoms with Crippen LogP contribution in [0.4, 0.5) is 5.69 Å². The van der Waals surface area contributed by atoms with Crippen LogP contribution in [-0.4, -0.2) is 41.3 Å². The summed E-state index contributed by atoms with van der Waals surface area (Å²) < 4.78 is 15.3. The van der Waals surface area contributed by atoms with Crippen LogP contribution in [0.3, 0.4) is 0 Å². The fourth-order valence-corrected chi connectivity index (χ4v) is 2.48. The molecule has 10 heteroatoms. The number of para-hydroxylation sites is 1. The number of rotatable bonds is 7. The highest BCUT2D eigenvalue weighted by molar-refractivity contribution is 6.01. The Morgan fingerprint density at radius 3 is 2.50 bits per heavy atom. The number of benzene rings is 2. The van der Waals surface area contributed by atoms with E-state index in [1.54, 1.807) is 42.5 Å². The topological polar surface area (TPSA) is 130 Å². The van der Waals surface area contributed by atoms with Gasteiger partial charge in [0, 0.05) is 5.56 Å². The molecule has 0 bridgehead atoms. The van der Waals surface area contributed by atoms with Gasteiger partial charge in [-0.2, -0.15) is 4.68 Å². The maximum absolute atomic E-state index is 12.0. The zero-order chi connectivity index (χ0) is 21.5. The number of nitrogens with one attached hydrogen (secondary N) is 1. The minimum absolute atomic E-state index is 0.0607. The van der Waals surface area contributed by atoms with E-state index in [-0.39, 0.29) is 17.1 Å². The summed E-state index contributed by atoms with van der Waals surface area (Å²) in [4.78, 5) is 47.6. The van der Waals surface area contributed by atoms with E-state index >= 15 is 0 Å². The number of aromatic nitrogens is 2. The summed E-state index contributed by atoms with van der Waals surface area (Å²) >= 11 is 0. The average Bonchev–Trinajstić information content (AvgIpc) is 3.13. The van der Waals surface area contributed by atoms with Crippen LogP contribution in [0.2, 0.25) is 0 Å². The first-order chi connectivity index (χ1) is 14.5. The van der Waals surface area contributed by atoms with Crippen LogP contribution in [0.25, 0.3) is 11.5 Å². The van der Waals surface area contributed by atoms with Crippen molar-refractivity contribution in [3.63, 3.8) is 0 Å². The van der Waals surface area contributed by atoms with Gasteiger partial charge < -0.3 is 19.2 Å². The van der Waals surface area contributed by atoms with Gasteiger partial charge in [0.05, 0.1) is 18.4 Å². The number of carbonyl (C=O) groups is 3. The summed E-state index contributed by atoms with van der Waals surface area (Å²) in [5.41, 5.74) is 0.943. The normalized spacial score (nSPS) is 10.3. The Morgan fingerprint density at radius 1 is 1.07 bits per heavy atom. The van der Waals surface area contributed by atoms with E-state index < -0.39 is 36.8 Å². The third-order valence-electron chi connectivity index (χ3n) is 3.88. The van der Waals surface area contributed by atoms with Crippen LogP contribution >= 0.6 is 0 Å². The number of nitrogens with zero attached hydrogens (tertiary/aromatic N) is 2. The monoisotopic (exact) mass is 411 g/mol. The fourth-order valence-electron chi connectivity index (χ4n) is 2.48. The molecule has 1 aromatic heterocycles. The number of amides is 1. The molecule has 0 aliphatic carbocycles. The van der Waals surface area contributed by atoms with Gasteiger partial charge in [-0.3, -0.25) is 9.59 Å². The Morgan fingerprint density at radius 2 is 1.77 bits per heavy atom. The van der Waals surface area contributed by atoms with E-state index in [0.29, 0.717) is 5.56 Å². The Balaban J connectivity index is 1.57. The molecule has 2 aromatic carbocycles. The van der Waals surface area contributed by atoms with Gasteiger partial charge in [-0.25, -0.2) is 9.59 Å². The van der Waals surface area contributed by atoms with Gasteiger partial charge in [0.1, 0.15) is 6.54 Å². The molecule has 0 aliphatic rings. The molecule has 30 heavy (non-hydrogen) atoms. The number of anilines is 1. The smallest absolute Gasteiger partial charge is 0.437 e. The van der Waals surface area contributed by atoms with Crippen LogP contribution < -0.4 is 11.1 Å². The summed E-state index contributed by atoms with van der Waals surface area (Å²) in [6.07, 6.45) is 0. The number of esters is 2. The van der Waals surface area contributed by atoms with Crippen molar-refractivity contribution in [3.05, 3.63) is 70.7 Å². The Hall–Kier alpha value is -4.21. The average molecular weight is 411 g/mol. The Bertz CT molecular complexity index is 1120. The van der Waals surface area contributed by atoms with E-state index in [4.69, 9.17) is 9.15 Å². The quantitative estimate of drug-likeness (QED) is 0.579. The lowest BCUT2D eigenvalue weighted by molar-refractivity contribution is -0.148. The highest BCUT2D eigenvalue weighted by Crippen LogP contribution is 2.16. The molecule has 0 unspecified atom stereocenters. The molecule has 1 amide bonds. The van der Waals surface area contributed by atoms with Crippen LogP contribution in [0.15, 0.2) is 63.8 Å². The third kappa shape index (κ3) is 4.98. The summed E-state index contributed by atoms with van der Waals surface area (Å²) in [7, 11) is 1.22. The zero-order valence-corrected chi connectivity index (χ0v) is 15.9.